The van der Waals surface area contributed by atoms with Crippen LogP contribution in [0.2, 0.25) is 0 Å². The number of allylic oxidation sites excluding steroid dienone is 1. The summed E-state index contributed by atoms with van der Waals surface area (Å²) in [5.41, 5.74) is -0.935. The van der Waals surface area contributed by atoms with Crippen LogP contribution in [0, 0.1) is 23.3 Å². The van der Waals surface area contributed by atoms with Gasteiger partial charge in [0.15, 0.2) is 11.6 Å². The van der Waals surface area contributed by atoms with Crippen LogP contribution in [0.5, 0.6) is 11.5 Å². The van der Waals surface area contributed by atoms with Crippen LogP contribution in [0.25, 0.3) is 6.08 Å². The Kier molecular flexibility index (Phi) is 4.68. The molecule has 0 unspecified atom stereocenters. The van der Waals surface area contributed by atoms with Gasteiger partial charge in [0, 0.05) is 0 Å². The van der Waals surface area contributed by atoms with Gasteiger partial charge in [-0.05, 0) is 31.2 Å². The minimum atomic E-state index is -1.68. The molecular weight excluding hydrogens is 316 g/mol. The first kappa shape index (κ1) is 16.5. The maximum absolute atomic E-state index is 13.9. The third-order valence-corrected chi connectivity index (χ3v) is 2.91. The van der Waals surface area contributed by atoms with E-state index in [1.165, 1.54) is 13.0 Å². The van der Waals surface area contributed by atoms with Gasteiger partial charge in [0.05, 0.1) is 11.1 Å². The van der Waals surface area contributed by atoms with Crippen LogP contribution in [0.4, 0.5) is 17.6 Å². The minimum absolute atomic E-state index is 0.0842. The number of benzene rings is 2. The molecule has 2 aromatic rings. The molecule has 0 spiro atoms. The highest BCUT2D eigenvalue weighted by Gasteiger charge is 2.25. The molecule has 0 fully saturated rings. The predicted octanol–water partition coefficient (Wildman–Crippen LogP) is 4.77. The lowest BCUT2D eigenvalue weighted by atomic mass is 10.1. The summed E-state index contributed by atoms with van der Waals surface area (Å²) in [6.45, 7) is 1.43. The molecule has 0 amide bonds. The number of rotatable bonds is 4. The second-order valence-electron chi connectivity index (χ2n) is 4.43. The van der Waals surface area contributed by atoms with Crippen molar-refractivity contribution < 1.29 is 32.2 Å². The van der Waals surface area contributed by atoms with Crippen molar-refractivity contribution in [3.05, 3.63) is 64.7 Å². The van der Waals surface area contributed by atoms with E-state index < -0.39 is 40.6 Å². The molecule has 120 valence electrons. The summed E-state index contributed by atoms with van der Waals surface area (Å²) in [4.78, 5) is 10.7. The van der Waals surface area contributed by atoms with Crippen molar-refractivity contribution in [2.75, 3.05) is 0 Å². The summed E-state index contributed by atoms with van der Waals surface area (Å²) in [6.07, 6.45) is 2.12. The number of ether oxygens (including phenoxy) is 1. The molecular formula is C16H10F4O3. The molecule has 0 saturated carbocycles. The number of hydrogen-bond acceptors (Lipinski definition) is 2. The highest BCUT2D eigenvalue weighted by atomic mass is 19.2. The van der Waals surface area contributed by atoms with Gasteiger partial charge >= 0.3 is 5.97 Å². The van der Waals surface area contributed by atoms with Crippen LogP contribution in [-0.2, 0) is 0 Å². The number of carbonyl (C=O) groups is 1. The molecule has 7 heteroatoms. The van der Waals surface area contributed by atoms with E-state index in [4.69, 9.17) is 9.84 Å². The summed E-state index contributed by atoms with van der Waals surface area (Å²) >= 11 is 0. The lowest BCUT2D eigenvalue weighted by molar-refractivity contribution is 0.0697. The summed E-state index contributed by atoms with van der Waals surface area (Å²) < 4.78 is 60.1. The van der Waals surface area contributed by atoms with Crippen LogP contribution >= 0.6 is 0 Å². The van der Waals surface area contributed by atoms with Crippen LogP contribution in [0.3, 0.4) is 0 Å². The van der Waals surface area contributed by atoms with E-state index in [0.29, 0.717) is 0 Å². The molecule has 23 heavy (non-hydrogen) atoms. The molecule has 2 aromatic carbocycles. The molecule has 0 radical (unpaired) electrons. The largest absolute Gasteiger partial charge is 0.478 e. The number of carboxylic acid groups (broad SMARTS) is 1. The Bertz CT molecular complexity index is 754. The van der Waals surface area contributed by atoms with Crippen LogP contribution in [0.1, 0.15) is 22.8 Å². The first-order valence-corrected chi connectivity index (χ1v) is 6.36. The van der Waals surface area contributed by atoms with Gasteiger partial charge in [0.25, 0.3) is 0 Å². The number of carboxylic acids is 1. The predicted molar refractivity (Wildman–Crippen MR) is 74.5 cm³/mol. The van der Waals surface area contributed by atoms with E-state index in [1.807, 2.05) is 0 Å². The van der Waals surface area contributed by atoms with Crippen molar-refractivity contribution in [2.45, 2.75) is 6.92 Å². The fraction of sp³-hybridized carbons (Fsp3) is 0.0625. The average molecular weight is 326 g/mol. The monoisotopic (exact) mass is 326 g/mol. The van der Waals surface area contributed by atoms with E-state index in [2.05, 4.69) is 0 Å². The highest BCUT2D eigenvalue weighted by molar-refractivity contribution is 5.87. The third-order valence-electron chi connectivity index (χ3n) is 2.91. The van der Waals surface area contributed by atoms with Crippen molar-refractivity contribution in [1.82, 2.24) is 0 Å². The Labute approximate surface area is 128 Å². The van der Waals surface area contributed by atoms with Gasteiger partial charge in [0.2, 0.25) is 17.4 Å². The Morgan fingerprint density at radius 3 is 1.96 bits per heavy atom. The fourth-order valence-corrected chi connectivity index (χ4v) is 1.81. The van der Waals surface area contributed by atoms with Crippen molar-refractivity contribution in [1.29, 1.82) is 0 Å². The Morgan fingerprint density at radius 1 is 1.00 bits per heavy atom. The number of hydrogen-bond donors (Lipinski definition) is 1. The zero-order valence-corrected chi connectivity index (χ0v) is 11.7. The molecule has 0 heterocycles. The maximum Gasteiger partial charge on any atom is 0.335 e. The number of aromatic carboxylic acids is 1. The molecule has 3 nitrogen and oxygen atoms in total. The summed E-state index contributed by atoms with van der Waals surface area (Å²) in [6, 6.07) is 4.46. The molecule has 0 aliphatic heterocycles. The SMILES string of the molecule is CC=Cc1c(F)c(F)c(Oc2ccc(C(=O)O)cc2)c(F)c1F. The van der Waals surface area contributed by atoms with Crippen LogP contribution < -0.4 is 4.74 Å². The van der Waals surface area contributed by atoms with Crippen LogP contribution in [0.15, 0.2) is 30.3 Å². The van der Waals surface area contributed by atoms with E-state index in [-0.39, 0.29) is 11.3 Å². The highest BCUT2D eigenvalue weighted by Crippen LogP contribution is 2.33. The van der Waals surface area contributed by atoms with Gasteiger partial charge in [-0.15, -0.1) is 0 Å². The second-order valence-corrected chi connectivity index (χ2v) is 4.43. The lowest BCUT2D eigenvalue weighted by Gasteiger charge is -2.11. The molecule has 0 saturated heterocycles. The van der Waals surface area contributed by atoms with Crippen molar-refractivity contribution >= 4 is 12.0 Å². The Morgan fingerprint density at radius 2 is 1.52 bits per heavy atom. The molecule has 0 atom stereocenters. The third kappa shape index (κ3) is 3.18. The standard InChI is InChI=1S/C16H10F4O3/c1-2-3-10-11(17)13(19)15(14(20)12(10)18)23-9-6-4-8(5-7-9)16(21)22/h2-7H,1H3,(H,21,22). The molecule has 2 rings (SSSR count). The normalized spacial score (nSPS) is 11.0. The number of halogens is 4. The molecule has 0 aliphatic carbocycles. The van der Waals surface area contributed by atoms with Crippen LogP contribution in [-0.4, -0.2) is 11.1 Å². The van der Waals surface area contributed by atoms with E-state index in [9.17, 15) is 22.4 Å². The zero-order chi connectivity index (χ0) is 17.1. The topological polar surface area (TPSA) is 46.5 Å². The van der Waals surface area contributed by atoms with Gasteiger partial charge in [0.1, 0.15) is 5.75 Å². The molecule has 0 aliphatic rings. The lowest BCUT2D eigenvalue weighted by Crippen LogP contribution is -2.03. The van der Waals surface area contributed by atoms with E-state index in [0.717, 1.165) is 30.3 Å². The van der Waals surface area contributed by atoms with Gasteiger partial charge in [-0.2, -0.15) is 8.78 Å². The second kappa shape index (κ2) is 6.51. The quantitative estimate of drug-likeness (QED) is 0.650. The van der Waals surface area contributed by atoms with E-state index in [1.54, 1.807) is 0 Å². The molecule has 0 aromatic heterocycles. The maximum atomic E-state index is 13.9. The summed E-state index contributed by atoms with van der Waals surface area (Å²) in [7, 11) is 0. The van der Waals surface area contributed by atoms with E-state index >= 15 is 0 Å². The van der Waals surface area contributed by atoms with Gasteiger partial charge < -0.3 is 9.84 Å². The Balaban J connectivity index is 2.46. The smallest absolute Gasteiger partial charge is 0.335 e. The Hall–Kier alpha value is -2.83. The molecule has 0 bridgehead atoms. The average Bonchev–Trinajstić information content (AvgIpc) is 2.54. The first-order valence-electron chi connectivity index (χ1n) is 6.36. The summed E-state index contributed by atoms with van der Waals surface area (Å²) in [5.74, 6) is -9.15. The zero-order valence-electron chi connectivity index (χ0n) is 11.7. The minimum Gasteiger partial charge on any atom is -0.478 e. The van der Waals surface area contributed by atoms with Crippen molar-refractivity contribution in [3.63, 3.8) is 0 Å². The summed E-state index contributed by atoms with van der Waals surface area (Å²) in [5, 5.41) is 8.74. The van der Waals surface area contributed by atoms with Gasteiger partial charge in [-0.25, -0.2) is 13.6 Å². The fourth-order valence-electron chi connectivity index (χ4n) is 1.81. The van der Waals surface area contributed by atoms with Gasteiger partial charge in [-0.3, -0.25) is 0 Å². The van der Waals surface area contributed by atoms with Crippen molar-refractivity contribution in [3.8, 4) is 11.5 Å². The first-order chi connectivity index (χ1) is 10.9. The van der Waals surface area contributed by atoms with Crippen molar-refractivity contribution in [2.24, 2.45) is 0 Å². The molecule has 1 N–H and O–H groups in total. The van der Waals surface area contributed by atoms with Gasteiger partial charge in [-0.1, -0.05) is 12.2 Å².